The van der Waals surface area contributed by atoms with Gasteiger partial charge in [-0.05, 0) is 57.7 Å². The summed E-state index contributed by atoms with van der Waals surface area (Å²) in [5.41, 5.74) is 0.624. The number of ether oxygens (including phenoxy) is 1. The summed E-state index contributed by atoms with van der Waals surface area (Å²) >= 11 is 6.06. The summed E-state index contributed by atoms with van der Waals surface area (Å²) in [4.78, 5) is 12.4. The summed E-state index contributed by atoms with van der Waals surface area (Å²) in [5.74, 6) is 0.365. The van der Waals surface area contributed by atoms with Crippen molar-refractivity contribution in [1.29, 1.82) is 0 Å². The fourth-order valence-corrected chi connectivity index (χ4v) is 4.06. The van der Waals surface area contributed by atoms with Crippen LogP contribution in [0.2, 0.25) is 5.02 Å². The van der Waals surface area contributed by atoms with Gasteiger partial charge in [-0.15, -0.1) is 0 Å². The van der Waals surface area contributed by atoms with Gasteiger partial charge < -0.3 is 10.1 Å². The molecule has 1 aromatic carbocycles. The van der Waals surface area contributed by atoms with E-state index in [1.165, 1.54) is 7.11 Å². The maximum atomic E-state index is 12.4. The maximum absolute atomic E-state index is 12.4. The summed E-state index contributed by atoms with van der Waals surface area (Å²) in [6, 6.07) is 5.01. The Morgan fingerprint density at radius 2 is 1.88 bits per heavy atom. The lowest BCUT2D eigenvalue weighted by atomic mass is 9.86. The fourth-order valence-electron chi connectivity index (χ4n) is 2.83. The van der Waals surface area contributed by atoms with Crippen LogP contribution < -0.4 is 14.8 Å². The van der Waals surface area contributed by atoms with Gasteiger partial charge in [0.2, 0.25) is 15.9 Å². The minimum atomic E-state index is -3.27. The van der Waals surface area contributed by atoms with E-state index in [2.05, 4.69) is 10.0 Å². The van der Waals surface area contributed by atoms with Crippen LogP contribution in [-0.2, 0) is 14.8 Å². The monoisotopic (exact) mass is 388 g/mol. The highest BCUT2D eigenvalue weighted by Crippen LogP contribution is 2.29. The molecule has 25 heavy (non-hydrogen) atoms. The number of amides is 1. The standard InChI is InChI=1S/C17H25ClN2O4S/c1-11(2)25(22,23)20-13-6-4-12(5-7-13)17(21)19-14-8-9-16(24-3)15(18)10-14/h8-13,20H,4-7H2,1-3H3,(H,19,21)/t12-,13-. The average Bonchev–Trinajstić information content (AvgIpc) is 2.55. The first-order valence-corrected chi connectivity index (χ1v) is 10.3. The predicted octanol–water partition coefficient (Wildman–Crippen LogP) is 3.17. The number of nitrogens with one attached hydrogen (secondary N) is 2. The minimum absolute atomic E-state index is 0.0635. The molecule has 8 heteroatoms. The van der Waals surface area contributed by atoms with E-state index in [9.17, 15) is 13.2 Å². The molecule has 6 nitrogen and oxygen atoms in total. The van der Waals surface area contributed by atoms with Gasteiger partial charge in [0, 0.05) is 17.6 Å². The van der Waals surface area contributed by atoms with Crippen molar-refractivity contribution in [2.24, 2.45) is 5.92 Å². The lowest BCUT2D eigenvalue weighted by molar-refractivity contribution is -0.120. The molecule has 0 aromatic heterocycles. The SMILES string of the molecule is COc1ccc(NC(=O)[C@H]2CC[C@H](NS(=O)(=O)C(C)C)CC2)cc1Cl. The van der Waals surface area contributed by atoms with Crippen molar-refractivity contribution in [1.82, 2.24) is 4.72 Å². The number of anilines is 1. The second kappa shape index (κ2) is 8.38. The normalized spacial score (nSPS) is 21.2. The van der Waals surface area contributed by atoms with Gasteiger partial charge in [0.05, 0.1) is 17.4 Å². The molecule has 1 aromatic rings. The highest BCUT2D eigenvalue weighted by molar-refractivity contribution is 7.90. The number of benzene rings is 1. The van der Waals surface area contributed by atoms with Gasteiger partial charge >= 0.3 is 0 Å². The van der Waals surface area contributed by atoms with Crippen molar-refractivity contribution < 1.29 is 17.9 Å². The van der Waals surface area contributed by atoms with Crippen LogP contribution in [0.4, 0.5) is 5.69 Å². The molecule has 1 aliphatic carbocycles. The molecule has 1 fully saturated rings. The third-order valence-electron chi connectivity index (χ3n) is 4.47. The molecule has 0 atom stereocenters. The lowest BCUT2D eigenvalue weighted by Gasteiger charge is -2.28. The zero-order chi connectivity index (χ0) is 18.6. The number of methoxy groups -OCH3 is 1. The van der Waals surface area contributed by atoms with Gasteiger partial charge in [0.25, 0.3) is 0 Å². The molecule has 0 bridgehead atoms. The van der Waals surface area contributed by atoms with Crippen LogP contribution in [0, 0.1) is 5.92 Å². The van der Waals surface area contributed by atoms with E-state index < -0.39 is 15.3 Å². The minimum Gasteiger partial charge on any atom is -0.495 e. The molecule has 0 heterocycles. The number of carbonyl (C=O) groups is 1. The summed E-state index contributed by atoms with van der Waals surface area (Å²) in [5, 5.41) is 2.85. The van der Waals surface area contributed by atoms with Gasteiger partial charge in [0.1, 0.15) is 5.75 Å². The van der Waals surface area contributed by atoms with Gasteiger partial charge in [-0.2, -0.15) is 0 Å². The first-order valence-electron chi connectivity index (χ1n) is 8.38. The van der Waals surface area contributed by atoms with E-state index in [1.807, 2.05) is 0 Å². The van der Waals surface area contributed by atoms with Crippen molar-refractivity contribution in [3.8, 4) is 5.75 Å². The summed E-state index contributed by atoms with van der Waals surface area (Å²) in [7, 11) is -1.74. The third kappa shape index (κ3) is 5.33. The largest absolute Gasteiger partial charge is 0.495 e. The maximum Gasteiger partial charge on any atom is 0.227 e. The third-order valence-corrected chi connectivity index (χ3v) is 6.67. The average molecular weight is 389 g/mol. The summed E-state index contributed by atoms with van der Waals surface area (Å²) in [6.45, 7) is 3.31. The molecule has 0 unspecified atom stereocenters. The summed E-state index contributed by atoms with van der Waals surface area (Å²) < 4.78 is 31.7. The van der Waals surface area contributed by atoms with Crippen molar-refractivity contribution in [3.63, 3.8) is 0 Å². The Morgan fingerprint density at radius 3 is 2.40 bits per heavy atom. The quantitative estimate of drug-likeness (QED) is 0.783. The van der Waals surface area contributed by atoms with Crippen LogP contribution in [0.25, 0.3) is 0 Å². The van der Waals surface area contributed by atoms with E-state index in [-0.39, 0.29) is 17.9 Å². The van der Waals surface area contributed by atoms with E-state index in [1.54, 1.807) is 32.0 Å². The molecule has 2 N–H and O–H groups in total. The predicted molar refractivity (Wildman–Crippen MR) is 99.6 cm³/mol. The second-order valence-electron chi connectivity index (χ2n) is 6.60. The van der Waals surface area contributed by atoms with Crippen LogP contribution in [0.5, 0.6) is 5.75 Å². The second-order valence-corrected chi connectivity index (χ2v) is 9.27. The van der Waals surface area contributed by atoms with Crippen LogP contribution in [0.15, 0.2) is 18.2 Å². The molecular formula is C17H25ClN2O4S. The zero-order valence-corrected chi connectivity index (χ0v) is 16.3. The molecule has 0 aliphatic heterocycles. The number of carbonyl (C=O) groups excluding carboxylic acids is 1. The molecule has 0 spiro atoms. The van der Waals surface area contributed by atoms with Gasteiger partial charge in [-0.3, -0.25) is 4.79 Å². The zero-order valence-electron chi connectivity index (χ0n) is 14.7. The first kappa shape index (κ1) is 20.0. The number of halogens is 1. The molecule has 0 saturated heterocycles. The van der Waals surface area contributed by atoms with Crippen LogP contribution in [0.1, 0.15) is 39.5 Å². The molecule has 0 radical (unpaired) electrons. The Hall–Kier alpha value is -1.31. The number of hydrogen-bond acceptors (Lipinski definition) is 4. The van der Waals surface area contributed by atoms with E-state index in [4.69, 9.17) is 16.3 Å². The van der Waals surface area contributed by atoms with Crippen molar-refractivity contribution in [3.05, 3.63) is 23.2 Å². The molecule has 1 amide bonds. The van der Waals surface area contributed by atoms with Crippen LogP contribution in [-0.4, -0.2) is 32.7 Å². The molecule has 1 aliphatic rings. The summed E-state index contributed by atoms with van der Waals surface area (Å²) in [6.07, 6.45) is 2.63. The van der Waals surface area contributed by atoms with Gasteiger partial charge in [-0.25, -0.2) is 13.1 Å². The van der Waals surface area contributed by atoms with Crippen molar-refractivity contribution in [2.75, 3.05) is 12.4 Å². The number of rotatable bonds is 6. The smallest absolute Gasteiger partial charge is 0.227 e. The Labute approximate surface area is 154 Å². The Balaban J connectivity index is 1.88. The Bertz CT molecular complexity index is 713. The fraction of sp³-hybridized carbons (Fsp3) is 0.588. The van der Waals surface area contributed by atoms with Crippen LogP contribution in [0.3, 0.4) is 0 Å². The topological polar surface area (TPSA) is 84.5 Å². The van der Waals surface area contributed by atoms with Crippen LogP contribution >= 0.6 is 11.6 Å². The van der Waals surface area contributed by atoms with Gasteiger partial charge in [-0.1, -0.05) is 11.6 Å². The highest BCUT2D eigenvalue weighted by Gasteiger charge is 2.29. The molecule has 140 valence electrons. The molecule has 2 rings (SSSR count). The number of sulfonamides is 1. The Kier molecular flexibility index (Phi) is 6.71. The lowest BCUT2D eigenvalue weighted by Crippen LogP contribution is -2.42. The van der Waals surface area contributed by atoms with E-state index in [0.717, 1.165) is 0 Å². The van der Waals surface area contributed by atoms with E-state index >= 15 is 0 Å². The number of hydrogen-bond donors (Lipinski definition) is 2. The molecular weight excluding hydrogens is 364 g/mol. The van der Waals surface area contributed by atoms with E-state index in [0.29, 0.717) is 42.1 Å². The first-order chi connectivity index (χ1) is 11.7. The van der Waals surface area contributed by atoms with Crippen molar-refractivity contribution in [2.45, 2.75) is 50.8 Å². The van der Waals surface area contributed by atoms with Gasteiger partial charge in [0.15, 0.2) is 0 Å². The molecule has 1 saturated carbocycles. The highest BCUT2D eigenvalue weighted by atomic mass is 35.5. The van der Waals surface area contributed by atoms with Crippen molar-refractivity contribution >= 4 is 33.2 Å². The Morgan fingerprint density at radius 1 is 1.24 bits per heavy atom.